The van der Waals surface area contributed by atoms with Gasteiger partial charge in [-0.1, -0.05) is 6.92 Å². The maximum Gasteiger partial charge on any atom is 0.123 e. The minimum atomic E-state index is -0.222. The predicted octanol–water partition coefficient (Wildman–Crippen LogP) is 3.37. The minimum absolute atomic E-state index is 0.222. The highest BCUT2D eigenvalue weighted by Gasteiger charge is 2.13. The van der Waals surface area contributed by atoms with Gasteiger partial charge in [0.2, 0.25) is 0 Å². The number of nitrogens with zero attached hydrogens (tertiary/aromatic N) is 2. The summed E-state index contributed by atoms with van der Waals surface area (Å²) in [5.41, 5.74) is 4.12. The highest BCUT2D eigenvalue weighted by atomic mass is 19.1. The lowest BCUT2D eigenvalue weighted by Gasteiger charge is -2.16. The zero-order valence-corrected chi connectivity index (χ0v) is 11.7. The molecule has 2 rings (SSSR count). The Morgan fingerprint density at radius 3 is 2.58 bits per heavy atom. The Hall–Kier alpha value is -1.68. The highest BCUT2D eigenvalue weighted by molar-refractivity contribution is 5.63. The van der Waals surface area contributed by atoms with Crippen LogP contribution in [0.1, 0.15) is 24.6 Å². The lowest BCUT2D eigenvalue weighted by Crippen LogP contribution is -2.19. The third-order valence-corrected chi connectivity index (χ3v) is 3.22. The molecule has 0 unspecified atom stereocenters. The fraction of sp³-hybridized carbons (Fsp3) is 0.400. The van der Waals surface area contributed by atoms with Crippen molar-refractivity contribution in [2.24, 2.45) is 0 Å². The lowest BCUT2D eigenvalue weighted by atomic mass is 10.1. The molecule has 1 aromatic heterocycles. The van der Waals surface area contributed by atoms with Crippen LogP contribution in [0.15, 0.2) is 24.3 Å². The Kier molecular flexibility index (Phi) is 4.32. The van der Waals surface area contributed by atoms with Gasteiger partial charge in [-0.3, -0.25) is 5.10 Å². The van der Waals surface area contributed by atoms with Crippen LogP contribution in [0, 0.1) is 12.7 Å². The first kappa shape index (κ1) is 13.7. The Morgan fingerprint density at radius 1 is 1.26 bits per heavy atom. The minimum Gasteiger partial charge on any atom is -0.302 e. The van der Waals surface area contributed by atoms with E-state index in [-0.39, 0.29) is 5.82 Å². The topological polar surface area (TPSA) is 31.9 Å². The summed E-state index contributed by atoms with van der Waals surface area (Å²) in [6, 6.07) is 6.49. The number of hydrogen-bond donors (Lipinski definition) is 1. The number of hydrogen-bond acceptors (Lipinski definition) is 2. The zero-order valence-electron chi connectivity index (χ0n) is 11.7. The Bertz CT molecular complexity index is 531. The van der Waals surface area contributed by atoms with Crippen molar-refractivity contribution in [3.05, 3.63) is 41.3 Å². The number of halogens is 1. The van der Waals surface area contributed by atoms with E-state index in [4.69, 9.17) is 0 Å². The zero-order chi connectivity index (χ0) is 13.8. The maximum atomic E-state index is 13.0. The Morgan fingerprint density at radius 2 is 1.95 bits per heavy atom. The summed E-state index contributed by atoms with van der Waals surface area (Å²) < 4.78 is 13.0. The van der Waals surface area contributed by atoms with Crippen LogP contribution in [0.3, 0.4) is 0 Å². The molecule has 3 nitrogen and oxygen atoms in total. The monoisotopic (exact) mass is 261 g/mol. The van der Waals surface area contributed by atoms with Crippen molar-refractivity contribution in [3.8, 4) is 11.3 Å². The van der Waals surface area contributed by atoms with E-state index in [1.165, 1.54) is 17.7 Å². The highest BCUT2D eigenvalue weighted by Crippen LogP contribution is 2.24. The van der Waals surface area contributed by atoms with Gasteiger partial charge in [-0.15, -0.1) is 0 Å². The number of benzene rings is 1. The molecule has 0 fully saturated rings. The van der Waals surface area contributed by atoms with Gasteiger partial charge < -0.3 is 4.90 Å². The first-order valence-electron chi connectivity index (χ1n) is 6.60. The van der Waals surface area contributed by atoms with Crippen molar-refractivity contribution in [2.75, 3.05) is 13.6 Å². The molecule has 4 heteroatoms. The van der Waals surface area contributed by atoms with Gasteiger partial charge in [0.05, 0.1) is 5.69 Å². The van der Waals surface area contributed by atoms with Crippen LogP contribution in [0.2, 0.25) is 0 Å². The van der Waals surface area contributed by atoms with E-state index in [9.17, 15) is 4.39 Å². The largest absolute Gasteiger partial charge is 0.302 e. The summed E-state index contributed by atoms with van der Waals surface area (Å²) in [5.74, 6) is -0.222. The van der Waals surface area contributed by atoms with Crippen LogP contribution in [-0.2, 0) is 6.54 Å². The van der Waals surface area contributed by atoms with E-state index in [1.54, 1.807) is 12.1 Å². The second-order valence-electron chi connectivity index (χ2n) is 4.92. The molecule has 1 aromatic carbocycles. The summed E-state index contributed by atoms with van der Waals surface area (Å²) in [5, 5.41) is 7.38. The average molecular weight is 261 g/mol. The molecule has 0 radical (unpaired) electrons. The Labute approximate surface area is 113 Å². The van der Waals surface area contributed by atoms with Crippen molar-refractivity contribution in [2.45, 2.75) is 26.8 Å². The van der Waals surface area contributed by atoms with E-state index < -0.39 is 0 Å². The fourth-order valence-corrected chi connectivity index (χ4v) is 2.22. The Balaban J connectivity index is 2.29. The molecule has 0 spiro atoms. The summed E-state index contributed by atoms with van der Waals surface area (Å²) in [7, 11) is 2.10. The number of aromatic nitrogens is 2. The van der Waals surface area contributed by atoms with Gasteiger partial charge in [0.1, 0.15) is 5.82 Å². The molecule has 102 valence electrons. The summed E-state index contributed by atoms with van der Waals surface area (Å²) in [6.07, 6.45) is 1.12. The van der Waals surface area contributed by atoms with Crippen LogP contribution >= 0.6 is 0 Å². The molecule has 2 aromatic rings. The molecule has 0 aliphatic heterocycles. The number of aromatic amines is 1. The maximum absolute atomic E-state index is 13.0. The van der Waals surface area contributed by atoms with E-state index >= 15 is 0 Å². The number of aryl methyl sites for hydroxylation is 1. The van der Waals surface area contributed by atoms with Crippen molar-refractivity contribution in [1.82, 2.24) is 15.1 Å². The molecule has 1 heterocycles. The SMILES string of the molecule is CCCN(C)Cc1c(-c2ccc(F)cc2)n[nH]c1C. The summed E-state index contributed by atoms with van der Waals surface area (Å²) in [4.78, 5) is 2.27. The third kappa shape index (κ3) is 3.20. The molecule has 0 aliphatic carbocycles. The molecule has 0 atom stereocenters. The van der Waals surface area contributed by atoms with Crippen molar-refractivity contribution in [3.63, 3.8) is 0 Å². The van der Waals surface area contributed by atoms with E-state index in [1.807, 2.05) is 6.92 Å². The van der Waals surface area contributed by atoms with Gasteiger partial charge >= 0.3 is 0 Å². The molecule has 0 amide bonds. The van der Waals surface area contributed by atoms with Gasteiger partial charge in [0.15, 0.2) is 0 Å². The van der Waals surface area contributed by atoms with E-state index in [0.717, 1.165) is 36.5 Å². The number of nitrogens with one attached hydrogen (secondary N) is 1. The second-order valence-corrected chi connectivity index (χ2v) is 4.92. The first-order chi connectivity index (χ1) is 9.11. The first-order valence-corrected chi connectivity index (χ1v) is 6.60. The van der Waals surface area contributed by atoms with Crippen molar-refractivity contribution >= 4 is 0 Å². The van der Waals surface area contributed by atoms with Gasteiger partial charge in [-0.2, -0.15) is 5.10 Å². The van der Waals surface area contributed by atoms with Gasteiger partial charge in [0, 0.05) is 23.4 Å². The number of H-pyrrole nitrogens is 1. The summed E-state index contributed by atoms with van der Waals surface area (Å²) >= 11 is 0. The molecule has 0 bridgehead atoms. The van der Waals surface area contributed by atoms with Crippen LogP contribution < -0.4 is 0 Å². The van der Waals surface area contributed by atoms with Crippen LogP contribution in [0.5, 0.6) is 0 Å². The smallest absolute Gasteiger partial charge is 0.123 e. The molecular weight excluding hydrogens is 241 g/mol. The third-order valence-electron chi connectivity index (χ3n) is 3.22. The van der Waals surface area contributed by atoms with Crippen molar-refractivity contribution < 1.29 is 4.39 Å². The molecular formula is C15H20FN3. The molecule has 0 aliphatic rings. The fourth-order valence-electron chi connectivity index (χ4n) is 2.22. The normalized spacial score (nSPS) is 11.2. The molecule has 0 saturated heterocycles. The lowest BCUT2D eigenvalue weighted by molar-refractivity contribution is 0.327. The van der Waals surface area contributed by atoms with Gasteiger partial charge in [-0.25, -0.2) is 4.39 Å². The quantitative estimate of drug-likeness (QED) is 0.895. The van der Waals surface area contributed by atoms with Crippen LogP contribution in [0.4, 0.5) is 4.39 Å². The van der Waals surface area contributed by atoms with E-state index in [0.29, 0.717) is 0 Å². The van der Waals surface area contributed by atoms with Gasteiger partial charge in [-0.05, 0) is 51.2 Å². The second kappa shape index (κ2) is 5.97. The molecule has 19 heavy (non-hydrogen) atoms. The molecule has 1 N–H and O–H groups in total. The van der Waals surface area contributed by atoms with Crippen LogP contribution in [-0.4, -0.2) is 28.7 Å². The van der Waals surface area contributed by atoms with Gasteiger partial charge in [0.25, 0.3) is 0 Å². The molecule has 0 saturated carbocycles. The van der Waals surface area contributed by atoms with E-state index in [2.05, 4.69) is 29.1 Å². The average Bonchev–Trinajstić information content (AvgIpc) is 2.73. The van der Waals surface area contributed by atoms with Crippen LogP contribution in [0.25, 0.3) is 11.3 Å². The summed E-state index contributed by atoms with van der Waals surface area (Å²) in [6.45, 7) is 6.09. The predicted molar refractivity (Wildman–Crippen MR) is 75.3 cm³/mol. The van der Waals surface area contributed by atoms with Crippen molar-refractivity contribution in [1.29, 1.82) is 0 Å². The number of rotatable bonds is 5. The standard InChI is InChI=1S/C15H20FN3/c1-4-9-19(3)10-14-11(2)17-18-15(14)12-5-7-13(16)8-6-12/h5-8H,4,9-10H2,1-3H3,(H,17,18).